The number of sulfonamides is 1. The summed E-state index contributed by atoms with van der Waals surface area (Å²) >= 11 is 11.3. The van der Waals surface area contributed by atoms with Gasteiger partial charge in [-0.3, -0.25) is 10.1 Å². The minimum Gasteiger partial charge on any atom is -0.258 e. The Labute approximate surface area is 123 Å². The normalized spacial score (nSPS) is 10.9. The third kappa shape index (κ3) is 3.71. The van der Waals surface area contributed by atoms with Crippen molar-refractivity contribution in [2.24, 2.45) is 5.11 Å². The highest BCUT2D eigenvalue weighted by atomic mass is 35.5. The van der Waals surface area contributed by atoms with Crippen LogP contribution in [0.2, 0.25) is 10.0 Å². The van der Waals surface area contributed by atoms with Gasteiger partial charge in [0.25, 0.3) is 0 Å². The van der Waals surface area contributed by atoms with Gasteiger partial charge in [-0.15, -0.1) is 0 Å². The zero-order chi connectivity index (χ0) is 15.3. The number of hydrogen-bond donors (Lipinski definition) is 1. The number of nitro groups is 1. The van der Waals surface area contributed by atoms with Crippen LogP contribution in [-0.2, 0) is 10.0 Å². The van der Waals surface area contributed by atoms with E-state index in [0.29, 0.717) is 0 Å². The largest absolute Gasteiger partial charge is 0.307 e. The van der Waals surface area contributed by atoms with Crippen molar-refractivity contribution in [3.05, 3.63) is 42.7 Å². The fourth-order valence-corrected chi connectivity index (χ4v) is 3.16. The van der Waals surface area contributed by atoms with Gasteiger partial charge in [0.1, 0.15) is 14.9 Å². The number of nitrogens with one attached hydrogen (secondary N) is 1. The molecule has 0 fully saturated rings. The third-order valence-electron chi connectivity index (χ3n) is 2.07. The first-order valence-electron chi connectivity index (χ1n) is 4.94. The number of halogens is 2. The van der Waals surface area contributed by atoms with Gasteiger partial charge >= 0.3 is 5.69 Å². The first-order valence-corrected chi connectivity index (χ1v) is 7.18. The summed E-state index contributed by atoms with van der Waals surface area (Å²) in [5.41, 5.74) is 7.37. The molecule has 9 nitrogen and oxygen atoms in total. The molecule has 0 saturated heterocycles. The minimum absolute atomic E-state index is 0.108. The molecule has 0 bridgehead atoms. The molecule has 0 spiro atoms. The van der Waals surface area contributed by atoms with E-state index in [9.17, 15) is 18.5 Å². The summed E-state index contributed by atoms with van der Waals surface area (Å²) in [6, 6.07) is 2.11. The second-order valence-corrected chi connectivity index (χ2v) is 5.84. The van der Waals surface area contributed by atoms with E-state index in [1.165, 1.54) is 0 Å². The van der Waals surface area contributed by atoms with Crippen LogP contribution in [0, 0.1) is 10.1 Å². The zero-order valence-electron chi connectivity index (χ0n) is 9.65. The van der Waals surface area contributed by atoms with Gasteiger partial charge in [0.05, 0.1) is 4.92 Å². The van der Waals surface area contributed by atoms with Gasteiger partial charge in [-0.05, 0) is 17.7 Å². The Kier molecular flexibility index (Phi) is 5.54. The summed E-state index contributed by atoms with van der Waals surface area (Å²) < 4.78 is 25.9. The fraction of sp³-hybridized carbons (Fsp3) is 0.250. The highest BCUT2D eigenvalue weighted by molar-refractivity contribution is 7.89. The van der Waals surface area contributed by atoms with Crippen LogP contribution in [0.15, 0.2) is 22.1 Å². The zero-order valence-corrected chi connectivity index (χ0v) is 12.0. The summed E-state index contributed by atoms with van der Waals surface area (Å²) in [5, 5.41) is 13.1. The molecule has 1 aromatic carbocycles. The topological polar surface area (TPSA) is 138 Å². The van der Waals surface area contributed by atoms with Gasteiger partial charge in [0.15, 0.2) is 0 Å². The Hall–Kier alpha value is -1.58. The van der Waals surface area contributed by atoms with Crippen molar-refractivity contribution in [1.29, 1.82) is 0 Å². The van der Waals surface area contributed by atoms with Gasteiger partial charge in [-0.1, -0.05) is 28.3 Å². The average molecular weight is 340 g/mol. The van der Waals surface area contributed by atoms with Gasteiger partial charge in [0.2, 0.25) is 10.0 Å². The Morgan fingerprint density at radius 3 is 2.65 bits per heavy atom. The second kappa shape index (κ2) is 6.73. The molecule has 1 N–H and O–H groups in total. The van der Waals surface area contributed by atoms with E-state index in [-0.39, 0.29) is 18.1 Å². The maximum absolute atomic E-state index is 11.9. The van der Waals surface area contributed by atoms with E-state index in [0.717, 1.165) is 12.1 Å². The molecule has 0 saturated carbocycles. The molecule has 0 aliphatic rings. The van der Waals surface area contributed by atoms with E-state index in [4.69, 9.17) is 28.7 Å². The monoisotopic (exact) mass is 339 g/mol. The smallest absolute Gasteiger partial charge is 0.258 e. The van der Waals surface area contributed by atoms with E-state index in [1.54, 1.807) is 0 Å². The molecule has 0 atom stereocenters. The number of benzene rings is 1. The lowest BCUT2D eigenvalue weighted by Crippen LogP contribution is -2.26. The average Bonchev–Trinajstić information content (AvgIpc) is 2.34. The first-order chi connectivity index (χ1) is 9.31. The second-order valence-electron chi connectivity index (χ2n) is 3.32. The standard InChI is InChI=1S/C8H7Cl2N5O4S/c9-5-1-2-6(7(10)8(5)15(16)17)20(18,19)13-4-3-12-14-11/h1-2,13H,3-4H2. The molecule has 1 aromatic rings. The molecule has 108 valence electrons. The van der Waals surface area contributed by atoms with Crippen molar-refractivity contribution in [2.75, 3.05) is 13.1 Å². The third-order valence-corrected chi connectivity index (χ3v) is 4.37. The predicted molar refractivity (Wildman–Crippen MR) is 72.3 cm³/mol. The molecule has 0 amide bonds. The first kappa shape index (κ1) is 16.5. The molecular weight excluding hydrogens is 333 g/mol. The van der Waals surface area contributed by atoms with Crippen molar-refractivity contribution in [3.8, 4) is 0 Å². The molecule has 0 aliphatic carbocycles. The van der Waals surface area contributed by atoms with Crippen molar-refractivity contribution in [2.45, 2.75) is 4.90 Å². The van der Waals surface area contributed by atoms with Crippen molar-refractivity contribution >= 4 is 38.9 Å². The van der Waals surface area contributed by atoms with Crippen molar-refractivity contribution < 1.29 is 13.3 Å². The van der Waals surface area contributed by atoms with Gasteiger partial charge < -0.3 is 0 Å². The van der Waals surface area contributed by atoms with Crippen molar-refractivity contribution in [1.82, 2.24) is 4.72 Å². The van der Waals surface area contributed by atoms with Crippen LogP contribution in [-0.4, -0.2) is 26.4 Å². The van der Waals surface area contributed by atoms with Gasteiger partial charge in [0, 0.05) is 18.0 Å². The van der Waals surface area contributed by atoms with Crippen LogP contribution in [0.4, 0.5) is 5.69 Å². The molecule has 12 heteroatoms. The predicted octanol–water partition coefficient (Wildman–Crippen LogP) is 2.49. The summed E-state index contributed by atoms with van der Waals surface area (Å²) in [5.74, 6) is 0. The Morgan fingerprint density at radius 1 is 1.45 bits per heavy atom. The lowest BCUT2D eigenvalue weighted by molar-refractivity contribution is -0.384. The number of azide groups is 1. The maximum Gasteiger partial charge on any atom is 0.307 e. The molecule has 0 unspecified atom stereocenters. The summed E-state index contributed by atoms with van der Waals surface area (Å²) in [6.07, 6.45) is 0. The molecular formula is C8H7Cl2N5O4S. The number of nitro benzene ring substituents is 1. The molecule has 0 radical (unpaired) electrons. The van der Waals surface area contributed by atoms with Crippen LogP contribution in [0.5, 0.6) is 0 Å². The molecule has 1 rings (SSSR count). The highest BCUT2D eigenvalue weighted by Crippen LogP contribution is 2.36. The highest BCUT2D eigenvalue weighted by Gasteiger charge is 2.27. The lowest BCUT2D eigenvalue weighted by atomic mass is 10.3. The number of hydrogen-bond acceptors (Lipinski definition) is 5. The summed E-state index contributed by atoms with van der Waals surface area (Å²) in [7, 11) is -4.07. The van der Waals surface area contributed by atoms with E-state index in [1.807, 2.05) is 0 Å². The Balaban J connectivity index is 3.16. The van der Waals surface area contributed by atoms with Crippen LogP contribution in [0.25, 0.3) is 10.4 Å². The SMILES string of the molecule is [N-]=[N+]=NCCNS(=O)(=O)c1ccc(Cl)c([N+](=O)[O-])c1Cl. The van der Waals surface area contributed by atoms with Crippen molar-refractivity contribution in [3.63, 3.8) is 0 Å². The quantitative estimate of drug-likeness (QED) is 0.212. The van der Waals surface area contributed by atoms with Gasteiger partial charge in [-0.2, -0.15) is 0 Å². The summed E-state index contributed by atoms with van der Waals surface area (Å²) in [6.45, 7) is -0.276. The minimum atomic E-state index is -4.07. The van der Waals surface area contributed by atoms with Crippen LogP contribution in [0.1, 0.15) is 0 Å². The maximum atomic E-state index is 11.9. The Bertz CT molecular complexity index is 686. The molecule has 20 heavy (non-hydrogen) atoms. The molecule has 0 aromatic heterocycles. The molecule has 0 heterocycles. The summed E-state index contributed by atoms with van der Waals surface area (Å²) in [4.78, 5) is 11.9. The Morgan fingerprint density at radius 2 is 2.10 bits per heavy atom. The fourth-order valence-electron chi connectivity index (χ4n) is 1.25. The molecule has 0 aliphatic heterocycles. The lowest BCUT2D eigenvalue weighted by Gasteiger charge is -2.08. The van der Waals surface area contributed by atoms with Crippen LogP contribution < -0.4 is 4.72 Å². The number of rotatable bonds is 6. The van der Waals surface area contributed by atoms with E-state index in [2.05, 4.69) is 14.7 Å². The number of nitrogens with zero attached hydrogens (tertiary/aromatic N) is 4. The van der Waals surface area contributed by atoms with Crippen LogP contribution >= 0.6 is 23.2 Å². The van der Waals surface area contributed by atoms with E-state index >= 15 is 0 Å². The van der Waals surface area contributed by atoms with Gasteiger partial charge in [-0.25, -0.2) is 13.1 Å². The van der Waals surface area contributed by atoms with Crippen LogP contribution in [0.3, 0.4) is 0 Å². The van der Waals surface area contributed by atoms with E-state index < -0.39 is 30.6 Å².